The normalized spacial score (nSPS) is 10.0. The number of nitrogens with zero attached hydrogens (tertiary/aromatic N) is 1. The van der Waals surface area contributed by atoms with Gasteiger partial charge in [-0.1, -0.05) is 11.3 Å². The van der Waals surface area contributed by atoms with Gasteiger partial charge in [-0.15, -0.1) is 11.8 Å². The molecule has 0 aliphatic carbocycles. The second-order valence-corrected chi connectivity index (χ2v) is 4.61. The topological polar surface area (TPSA) is 38.9 Å². The van der Waals surface area contributed by atoms with Gasteiger partial charge in [0.05, 0.1) is 10.4 Å². The predicted octanol–water partition coefficient (Wildman–Crippen LogP) is 2.99. The molecule has 72 valence electrons. The van der Waals surface area contributed by atoms with Gasteiger partial charge in [0.25, 0.3) is 6.08 Å². The molecule has 6 heteroatoms. The second-order valence-electron chi connectivity index (χ2n) is 2.15. The number of nitrogen functional groups attached to an aromatic ring is 1. The number of aromatic nitrogens is 1. The summed E-state index contributed by atoms with van der Waals surface area (Å²) in [5.74, 6) is 0.624. The van der Waals surface area contributed by atoms with Crippen molar-refractivity contribution in [1.82, 2.24) is 4.98 Å². The second kappa shape index (κ2) is 5.18. The molecule has 0 atom stereocenters. The highest BCUT2D eigenvalue weighted by Crippen LogP contribution is 2.26. The first-order valence-corrected chi connectivity index (χ1v) is 5.34. The van der Waals surface area contributed by atoms with Gasteiger partial charge in [-0.05, 0) is 12.5 Å². The lowest BCUT2D eigenvalue weighted by Crippen LogP contribution is -1.77. The number of rotatable bonds is 4. The summed E-state index contributed by atoms with van der Waals surface area (Å²) in [4.78, 5) is 3.84. The standard InChI is InChI=1S/C7H8F2N2S2/c8-5(9)2-1-3-12-6-4-11-7(10)13-6/h2,4H,1,3H2,(H2,10,11). The molecule has 0 aromatic carbocycles. The van der Waals surface area contributed by atoms with E-state index in [0.717, 1.165) is 10.3 Å². The molecule has 1 aromatic rings. The SMILES string of the molecule is Nc1ncc(SCCC=C(F)F)s1. The van der Waals surface area contributed by atoms with Crippen LogP contribution in [0.3, 0.4) is 0 Å². The molecule has 0 radical (unpaired) electrons. The maximum atomic E-state index is 11.6. The molecule has 2 N–H and O–H groups in total. The van der Waals surface area contributed by atoms with E-state index >= 15 is 0 Å². The van der Waals surface area contributed by atoms with Crippen molar-refractivity contribution >= 4 is 28.2 Å². The van der Waals surface area contributed by atoms with E-state index < -0.39 is 6.08 Å². The van der Waals surface area contributed by atoms with E-state index in [1.807, 2.05) is 0 Å². The third-order valence-corrected chi connectivity index (χ3v) is 3.22. The molecule has 1 aromatic heterocycles. The van der Waals surface area contributed by atoms with E-state index in [2.05, 4.69) is 4.98 Å². The van der Waals surface area contributed by atoms with Crippen LogP contribution >= 0.6 is 23.1 Å². The van der Waals surface area contributed by atoms with Crippen LogP contribution in [0.5, 0.6) is 0 Å². The molecule has 1 heterocycles. The number of hydrogen-bond acceptors (Lipinski definition) is 4. The number of anilines is 1. The quantitative estimate of drug-likeness (QED) is 0.628. The average Bonchev–Trinajstić information content (AvgIpc) is 2.45. The van der Waals surface area contributed by atoms with E-state index in [0.29, 0.717) is 17.3 Å². The minimum Gasteiger partial charge on any atom is -0.375 e. The van der Waals surface area contributed by atoms with Crippen LogP contribution in [0.15, 0.2) is 22.6 Å². The van der Waals surface area contributed by atoms with Crippen molar-refractivity contribution in [3.8, 4) is 0 Å². The minimum atomic E-state index is -1.62. The molecule has 0 spiro atoms. The van der Waals surface area contributed by atoms with E-state index in [1.54, 1.807) is 6.20 Å². The molecule has 0 aliphatic heterocycles. The Kier molecular flexibility index (Phi) is 4.17. The van der Waals surface area contributed by atoms with Crippen molar-refractivity contribution in [1.29, 1.82) is 0 Å². The molecule has 13 heavy (non-hydrogen) atoms. The fraction of sp³-hybridized carbons (Fsp3) is 0.286. The number of allylic oxidation sites excluding steroid dienone is 1. The first-order valence-electron chi connectivity index (χ1n) is 3.54. The zero-order chi connectivity index (χ0) is 9.68. The summed E-state index contributed by atoms with van der Waals surface area (Å²) >= 11 is 2.85. The lowest BCUT2D eigenvalue weighted by molar-refractivity contribution is 0.418. The zero-order valence-corrected chi connectivity index (χ0v) is 8.30. The van der Waals surface area contributed by atoms with Gasteiger partial charge in [0.2, 0.25) is 0 Å². The fourth-order valence-corrected chi connectivity index (χ4v) is 2.39. The molecule has 0 amide bonds. The highest BCUT2D eigenvalue weighted by molar-refractivity contribution is 8.01. The van der Waals surface area contributed by atoms with Gasteiger partial charge in [-0.3, -0.25) is 0 Å². The summed E-state index contributed by atoms with van der Waals surface area (Å²) in [6.07, 6.45) is 1.31. The lowest BCUT2D eigenvalue weighted by atomic mass is 10.5. The molecule has 0 bridgehead atoms. The maximum Gasteiger partial charge on any atom is 0.266 e. The van der Waals surface area contributed by atoms with Crippen molar-refractivity contribution in [2.24, 2.45) is 0 Å². The predicted molar refractivity (Wildman–Crippen MR) is 52.2 cm³/mol. The summed E-state index contributed by atoms with van der Waals surface area (Å²) in [5, 5.41) is 0.509. The summed E-state index contributed by atoms with van der Waals surface area (Å²) < 4.78 is 24.1. The first kappa shape index (κ1) is 10.5. The van der Waals surface area contributed by atoms with Gasteiger partial charge in [-0.2, -0.15) is 8.78 Å². The summed E-state index contributed by atoms with van der Waals surface area (Å²) in [6.45, 7) is 0. The fourth-order valence-electron chi connectivity index (χ4n) is 0.666. The Balaban J connectivity index is 2.24. The molecular formula is C7H8F2N2S2. The van der Waals surface area contributed by atoms with Crippen molar-refractivity contribution in [3.63, 3.8) is 0 Å². The highest BCUT2D eigenvalue weighted by atomic mass is 32.2. The summed E-state index contributed by atoms with van der Waals surface area (Å²) in [6, 6.07) is 0. The lowest BCUT2D eigenvalue weighted by Gasteiger charge is -1.91. The Hall–Kier alpha value is -0.620. The van der Waals surface area contributed by atoms with E-state index in [9.17, 15) is 8.78 Å². The Morgan fingerprint density at radius 1 is 1.69 bits per heavy atom. The third-order valence-electron chi connectivity index (χ3n) is 1.16. The molecule has 2 nitrogen and oxygen atoms in total. The summed E-state index contributed by atoms with van der Waals surface area (Å²) in [5.41, 5.74) is 5.39. The van der Waals surface area contributed by atoms with E-state index in [-0.39, 0.29) is 0 Å². The Morgan fingerprint density at radius 3 is 3.00 bits per heavy atom. The highest BCUT2D eigenvalue weighted by Gasteiger charge is 1.98. The molecule has 0 unspecified atom stereocenters. The van der Waals surface area contributed by atoms with Crippen LogP contribution in [0.2, 0.25) is 0 Å². The average molecular weight is 222 g/mol. The van der Waals surface area contributed by atoms with Crippen LogP contribution in [-0.2, 0) is 0 Å². The zero-order valence-electron chi connectivity index (χ0n) is 6.67. The van der Waals surface area contributed by atoms with Gasteiger partial charge in [0.1, 0.15) is 0 Å². The smallest absolute Gasteiger partial charge is 0.266 e. The summed E-state index contributed by atoms with van der Waals surface area (Å²) in [7, 11) is 0. The molecule has 0 fully saturated rings. The molecule has 0 aliphatic rings. The van der Waals surface area contributed by atoms with Gasteiger partial charge >= 0.3 is 0 Å². The maximum absolute atomic E-state index is 11.6. The molecule has 1 rings (SSSR count). The van der Waals surface area contributed by atoms with Gasteiger partial charge in [0.15, 0.2) is 5.13 Å². The number of thioether (sulfide) groups is 1. The number of hydrogen-bond donors (Lipinski definition) is 1. The van der Waals surface area contributed by atoms with Crippen molar-refractivity contribution in [2.75, 3.05) is 11.5 Å². The third kappa shape index (κ3) is 4.23. The van der Waals surface area contributed by atoms with Gasteiger partial charge in [-0.25, -0.2) is 4.98 Å². The van der Waals surface area contributed by atoms with E-state index in [1.165, 1.54) is 23.1 Å². The van der Waals surface area contributed by atoms with E-state index in [4.69, 9.17) is 5.73 Å². The first-order chi connectivity index (χ1) is 6.18. The Morgan fingerprint density at radius 2 is 2.46 bits per heavy atom. The van der Waals surface area contributed by atoms with Crippen LogP contribution in [0, 0.1) is 0 Å². The number of halogens is 2. The van der Waals surface area contributed by atoms with Crippen molar-refractivity contribution < 1.29 is 8.78 Å². The van der Waals surface area contributed by atoms with Crippen LogP contribution in [0.1, 0.15) is 6.42 Å². The number of nitrogens with two attached hydrogens (primary N) is 1. The van der Waals surface area contributed by atoms with Crippen LogP contribution in [0.25, 0.3) is 0 Å². The Labute approximate surface area is 82.9 Å². The van der Waals surface area contributed by atoms with Gasteiger partial charge < -0.3 is 5.73 Å². The molecular weight excluding hydrogens is 214 g/mol. The molecule has 0 saturated carbocycles. The Bertz CT molecular complexity index is 294. The van der Waals surface area contributed by atoms with Crippen molar-refractivity contribution in [2.45, 2.75) is 10.6 Å². The molecule has 0 saturated heterocycles. The van der Waals surface area contributed by atoms with Crippen LogP contribution < -0.4 is 5.73 Å². The monoisotopic (exact) mass is 222 g/mol. The van der Waals surface area contributed by atoms with Crippen LogP contribution in [-0.4, -0.2) is 10.7 Å². The largest absolute Gasteiger partial charge is 0.375 e. The minimum absolute atomic E-state index is 0.366. The van der Waals surface area contributed by atoms with Crippen molar-refractivity contribution in [3.05, 3.63) is 18.4 Å². The van der Waals surface area contributed by atoms with Crippen LogP contribution in [0.4, 0.5) is 13.9 Å². The van der Waals surface area contributed by atoms with Gasteiger partial charge in [0, 0.05) is 5.75 Å². The number of thiazole rings is 1.